The summed E-state index contributed by atoms with van der Waals surface area (Å²) in [4.78, 5) is 36.0. The summed E-state index contributed by atoms with van der Waals surface area (Å²) in [6.45, 7) is -0.973. The van der Waals surface area contributed by atoms with Gasteiger partial charge in [0.25, 0.3) is 0 Å². The number of hydrogen-bond donors (Lipinski definition) is 6. The minimum absolute atomic E-state index is 0. The van der Waals surface area contributed by atoms with Crippen molar-refractivity contribution in [2.24, 2.45) is 22.6 Å². The molecular formula is C10H21KN8O5. The van der Waals surface area contributed by atoms with E-state index in [-0.39, 0.29) is 84.1 Å². The van der Waals surface area contributed by atoms with E-state index in [0.717, 1.165) is 0 Å². The summed E-state index contributed by atoms with van der Waals surface area (Å²) in [5, 5.41) is 23.0. The summed E-state index contributed by atoms with van der Waals surface area (Å²) < 4.78 is 0. The van der Waals surface area contributed by atoms with E-state index in [1.807, 2.05) is 10.9 Å². The Morgan fingerprint density at radius 3 is 1.71 bits per heavy atom. The fraction of sp³-hybridized carbons (Fsp3) is 0.600. The first-order valence-electron chi connectivity index (χ1n) is 6.41. The average molecular weight is 372 g/mol. The van der Waals surface area contributed by atoms with Crippen LogP contribution in [0.4, 0.5) is 0 Å². The summed E-state index contributed by atoms with van der Waals surface area (Å²) in [5.74, 6) is 11.8. The molecule has 132 valence electrons. The fourth-order valence-corrected chi connectivity index (χ4v) is 1.63. The molecule has 0 atom stereocenters. The second kappa shape index (κ2) is 14.5. The van der Waals surface area contributed by atoms with Crippen LogP contribution in [0.2, 0.25) is 0 Å². The predicted molar refractivity (Wildman–Crippen MR) is 76.8 cm³/mol. The average Bonchev–Trinajstić information content (AvgIpc) is 2.51. The van der Waals surface area contributed by atoms with Crippen molar-refractivity contribution in [2.45, 2.75) is 0 Å². The summed E-state index contributed by atoms with van der Waals surface area (Å²) in [5.41, 5.74) is 3.79. The van der Waals surface area contributed by atoms with Crippen LogP contribution in [0.1, 0.15) is 0 Å². The van der Waals surface area contributed by atoms with Gasteiger partial charge in [-0.3, -0.25) is 35.0 Å². The summed E-state index contributed by atoms with van der Waals surface area (Å²) in [6.07, 6.45) is 0. The first-order valence-corrected chi connectivity index (χ1v) is 6.41. The molecule has 0 spiro atoms. The summed E-state index contributed by atoms with van der Waals surface area (Å²) >= 11 is 0. The number of hydrazine groups is 2. The maximum Gasteiger partial charge on any atom is 1.00 e. The van der Waals surface area contributed by atoms with Crippen molar-refractivity contribution in [3.05, 3.63) is 0 Å². The number of carbonyl (C=O) groups is 3. The van der Waals surface area contributed by atoms with Gasteiger partial charge < -0.3 is 16.1 Å². The van der Waals surface area contributed by atoms with Crippen LogP contribution in [-0.2, 0) is 14.4 Å². The van der Waals surface area contributed by atoms with Crippen molar-refractivity contribution in [3.8, 4) is 0 Å². The normalized spacial score (nSPS) is 11.1. The van der Waals surface area contributed by atoms with Gasteiger partial charge in [0.15, 0.2) is 0 Å². The molecule has 2 amide bonds. The van der Waals surface area contributed by atoms with Gasteiger partial charge in [-0.2, -0.15) is 0 Å². The third-order valence-electron chi connectivity index (χ3n) is 2.65. The van der Waals surface area contributed by atoms with Crippen molar-refractivity contribution in [2.75, 3.05) is 39.3 Å². The van der Waals surface area contributed by atoms with Crippen molar-refractivity contribution in [1.29, 1.82) is 0 Å². The van der Waals surface area contributed by atoms with Gasteiger partial charge in [-0.15, -0.1) is 0 Å². The second-order valence-electron chi connectivity index (χ2n) is 4.47. The molecule has 14 heteroatoms. The molecule has 9 N–H and O–H groups in total. The van der Waals surface area contributed by atoms with Crippen LogP contribution in [0.3, 0.4) is 0 Å². The minimum Gasteiger partial charge on any atom is -0.860 e. The van der Waals surface area contributed by atoms with E-state index in [4.69, 9.17) is 22.6 Å². The maximum atomic E-state index is 11.3. The quantitative estimate of drug-likeness (QED) is 0.0502. The molecule has 0 fully saturated rings. The van der Waals surface area contributed by atoms with Crippen molar-refractivity contribution in [3.63, 3.8) is 0 Å². The molecule has 0 unspecified atom stereocenters. The molecule has 0 saturated carbocycles. The number of rotatable bonds is 11. The fourth-order valence-electron chi connectivity index (χ4n) is 1.63. The summed E-state index contributed by atoms with van der Waals surface area (Å²) in [7, 11) is 0. The topological polar surface area (TPSA) is 215 Å². The molecule has 0 bridgehead atoms. The minimum atomic E-state index is -1.14. The molecule has 0 heterocycles. The van der Waals surface area contributed by atoms with E-state index in [1.165, 1.54) is 9.80 Å². The monoisotopic (exact) mass is 372 g/mol. The molecule has 0 radical (unpaired) electrons. The zero-order valence-corrected chi connectivity index (χ0v) is 16.5. The van der Waals surface area contributed by atoms with Gasteiger partial charge in [0.1, 0.15) is 0 Å². The Hall–Kier alpha value is -0.844. The van der Waals surface area contributed by atoms with Crippen molar-refractivity contribution < 1.29 is 76.0 Å². The maximum absolute atomic E-state index is 11.3. The van der Waals surface area contributed by atoms with Crippen LogP contribution in [0.15, 0.2) is 5.10 Å². The zero-order valence-electron chi connectivity index (χ0n) is 13.4. The number of nitrogens with zero attached hydrogens (tertiary/aromatic N) is 3. The molecule has 0 aliphatic rings. The van der Waals surface area contributed by atoms with Gasteiger partial charge >= 0.3 is 57.4 Å². The third-order valence-corrected chi connectivity index (χ3v) is 2.65. The van der Waals surface area contributed by atoms with E-state index < -0.39 is 30.2 Å². The van der Waals surface area contributed by atoms with Gasteiger partial charge in [-0.05, 0) is 5.90 Å². The molecule has 0 aliphatic heterocycles. The Kier molecular flexibility index (Phi) is 15.3. The second-order valence-corrected chi connectivity index (χ2v) is 4.47. The van der Waals surface area contributed by atoms with E-state index in [0.29, 0.717) is 0 Å². The predicted octanol–water partition coefficient (Wildman–Crippen LogP) is -8.71. The Morgan fingerprint density at radius 1 is 0.958 bits per heavy atom. The number of hydrogen-bond acceptors (Lipinski definition) is 10. The Bertz CT molecular complexity index is 449. The van der Waals surface area contributed by atoms with Crippen LogP contribution in [0, 0.1) is 0 Å². The van der Waals surface area contributed by atoms with Gasteiger partial charge in [-0.1, -0.05) is 0 Å². The largest absolute Gasteiger partial charge is 1.00 e. The van der Waals surface area contributed by atoms with E-state index in [2.05, 4.69) is 5.10 Å². The van der Waals surface area contributed by atoms with E-state index in [9.17, 15) is 19.5 Å². The van der Waals surface area contributed by atoms with Gasteiger partial charge in [0, 0.05) is 19.6 Å². The number of carboxylic acids is 1. The number of amides is 2. The Balaban J connectivity index is 0. The van der Waals surface area contributed by atoms with E-state index >= 15 is 0 Å². The Morgan fingerprint density at radius 2 is 1.38 bits per heavy atom. The van der Waals surface area contributed by atoms with Crippen LogP contribution in [0.25, 0.3) is 0 Å². The SMILES string of the molecule is NN=C([O-])CN(CCN(CC(=O)O)CC(=O)NN)CC(=O)NN.[K+]. The molecule has 0 aromatic carbocycles. The zero-order chi connectivity index (χ0) is 17.8. The Labute approximate surface area is 180 Å². The van der Waals surface area contributed by atoms with E-state index in [1.54, 1.807) is 0 Å². The number of nitrogens with two attached hydrogens (primary N) is 3. The molecular weight excluding hydrogens is 351 g/mol. The molecule has 0 rings (SSSR count). The number of hydrazone groups is 1. The van der Waals surface area contributed by atoms with Gasteiger partial charge in [0.05, 0.1) is 19.6 Å². The van der Waals surface area contributed by atoms with Crippen LogP contribution in [-0.4, -0.2) is 77.9 Å². The van der Waals surface area contributed by atoms with Gasteiger partial charge in [0.2, 0.25) is 11.8 Å². The number of carboxylic acid groups (broad SMARTS) is 1. The van der Waals surface area contributed by atoms with Gasteiger partial charge in [-0.25, -0.2) is 16.8 Å². The summed E-state index contributed by atoms with van der Waals surface area (Å²) in [6, 6.07) is 0. The number of aliphatic carboxylic acids is 1. The molecule has 0 saturated heterocycles. The van der Waals surface area contributed by atoms with Crippen LogP contribution in [0.5, 0.6) is 0 Å². The third kappa shape index (κ3) is 12.6. The molecule has 24 heavy (non-hydrogen) atoms. The number of carbonyl (C=O) groups excluding carboxylic acids is 2. The first-order chi connectivity index (χ1) is 10.8. The van der Waals surface area contributed by atoms with Crippen molar-refractivity contribution in [1.82, 2.24) is 20.7 Å². The first kappa shape index (κ1) is 25.4. The molecule has 13 nitrogen and oxygen atoms in total. The smallest absolute Gasteiger partial charge is 0.860 e. The van der Waals surface area contributed by atoms with Crippen LogP contribution < -0.4 is 84.9 Å². The molecule has 0 aliphatic carbocycles. The van der Waals surface area contributed by atoms with Crippen molar-refractivity contribution >= 4 is 23.7 Å². The van der Waals surface area contributed by atoms with Crippen LogP contribution >= 0.6 is 0 Å². The number of nitrogens with one attached hydrogen (secondary N) is 2. The molecule has 0 aromatic heterocycles. The standard InChI is InChI=1S/C10H22N8O5.K/c11-14-7(19)3-17(4-8(20)15-12)1-2-18(6-10(22)23)5-9(21)16-13;/h1-6,11-13H2,(H,14,19)(H,15,20)(H,16,21)(H,22,23);/q;+1/p-1. The molecule has 0 aromatic rings.